The van der Waals surface area contributed by atoms with E-state index in [4.69, 9.17) is 14.2 Å². The molecule has 2 aromatic carbocycles. The van der Waals surface area contributed by atoms with E-state index in [1.165, 1.54) is 0 Å². The number of imide groups is 1. The van der Waals surface area contributed by atoms with Crippen LogP contribution in [0.4, 0.5) is 10.5 Å². The van der Waals surface area contributed by atoms with Crippen LogP contribution in [-0.2, 0) is 9.59 Å². The molecule has 154 valence electrons. The van der Waals surface area contributed by atoms with E-state index < -0.39 is 17.1 Å². The van der Waals surface area contributed by atoms with Crippen molar-refractivity contribution in [1.82, 2.24) is 4.90 Å². The van der Waals surface area contributed by atoms with E-state index in [0.717, 1.165) is 22.2 Å². The number of nitrogens with zero attached hydrogens (tertiary/aromatic N) is 1. The molecular weight excluding hydrogens is 408 g/mol. The van der Waals surface area contributed by atoms with Gasteiger partial charge in [-0.05, 0) is 54.6 Å². The van der Waals surface area contributed by atoms with Crippen molar-refractivity contribution in [3.8, 4) is 17.2 Å². The lowest BCUT2D eigenvalue weighted by Crippen LogP contribution is -2.36. The van der Waals surface area contributed by atoms with Crippen LogP contribution < -0.4 is 19.5 Å². The Balaban J connectivity index is 1.42. The maximum atomic E-state index is 12.6. The summed E-state index contributed by atoms with van der Waals surface area (Å²) in [5.41, 5.74) is 1.22. The Morgan fingerprint density at radius 2 is 2.03 bits per heavy atom. The van der Waals surface area contributed by atoms with E-state index in [9.17, 15) is 14.4 Å². The van der Waals surface area contributed by atoms with Gasteiger partial charge in [-0.2, -0.15) is 0 Å². The zero-order chi connectivity index (χ0) is 21.1. The zero-order valence-corrected chi connectivity index (χ0v) is 16.9. The maximum Gasteiger partial charge on any atom is 0.294 e. The lowest BCUT2D eigenvalue weighted by atomic mass is 10.2. The van der Waals surface area contributed by atoms with E-state index >= 15 is 0 Å². The number of benzene rings is 2. The first kappa shape index (κ1) is 19.8. The number of ether oxygens (including phenoxy) is 3. The summed E-state index contributed by atoms with van der Waals surface area (Å²) in [5.74, 6) is 0.797. The molecule has 1 fully saturated rings. The zero-order valence-electron chi connectivity index (χ0n) is 16.0. The molecule has 0 saturated carbocycles. The summed E-state index contributed by atoms with van der Waals surface area (Å²) in [6, 6.07) is 12.2. The number of carbonyl (C=O) groups excluding carboxylic acids is 3. The van der Waals surface area contributed by atoms with Crippen LogP contribution in [0.3, 0.4) is 0 Å². The van der Waals surface area contributed by atoms with Crippen molar-refractivity contribution in [2.45, 2.75) is 6.92 Å². The lowest BCUT2D eigenvalue weighted by molar-refractivity contribution is -0.127. The van der Waals surface area contributed by atoms with Crippen LogP contribution in [0.15, 0.2) is 47.4 Å². The maximum absolute atomic E-state index is 12.6. The average molecular weight is 426 g/mol. The molecular formula is C21H18N2O6S. The molecule has 0 aromatic heterocycles. The first-order valence-corrected chi connectivity index (χ1v) is 10.0. The summed E-state index contributed by atoms with van der Waals surface area (Å²) < 4.78 is 15.9. The number of anilines is 1. The van der Waals surface area contributed by atoms with Gasteiger partial charge in [-0.1, -0.05) is 12.1 Å². The molecule has 30 heavy (non-hydrogen) atoms. The number of hydrogen-bond donors (Lipinski definition) is 1. The van der Waals surface area contributed by atoms with Crippen LogP contribution in [0.5, 0.6) is 17.2 Å². The van der Waals surface area contributed by atoms with Gasteiger partial charge in [0.2, 0.25) is 12.7 Å². The van der Waals surface area contributed by atoms with Crippen molar-refractivity contribution in [2.75, 3.05) is 25.3 Å². The largest absolute Gasteiger partial charge is 0.494 e. The predicted molar refractivity (Wildman–Crippen MR) is 111 cm³/mol. The van der Waals surface area contributed by atoms with Crippen molar-refractivity contribution in [3.63, 3.8) is 0 Å². The molecule has 4 rings (SSSR count). The van der Waals surface area contributed by atoms with Crippen molar-refractivity contribution in [2.24, 2.45) is 0 Å². The van der Waals surface area contributed by atoms with Gasteiger partial charge in [-0.15, -0.1) is 0 Å². The minimum atomic E-state index is -0.507. The summed E-state index contributed by atoms with van der Waals surface area (Å²) >= 11 is 0.802. The van der Waals surface area contributed by atoms with Crippen LogP contribution in [0.1, 0.15) is 12.5 Å². The Kier molecular flexibility index (Phi) is 5.62. The molecule has 2 aliphatic rings. The Morgan fingerprint density at radius 1 is 1.20 bits per heavy atom. The van der Waals surface area contributed by atoms with Gasteiger partial charge in [-0.25, -0.2) is 0 Å². The van der Waals surface area contributed by atoms with Gasteiger partial charge in [0.1, 0.15) is 12.3 Å². The highest BCUT2D eigenvalue weighted by Gasteiger charge is 2.36. The molecule has 0 radical (unpaired) electrons. The fourth-order valence-corrected chi connectivity index (χ4v) is 3.81. The number of carbonyl (C=O) groups is 3. The first-order valence-electron chi connectivity index (χ1n) is 9.21. The molecule has 8 nitrogen and oxygen atoms in total. The summed E-state index contributed by atoms with van der Waals surface area (Å²) in [6.45, 7) is 2.16. The van der Waals surface area contributed by atoms with Gasteiger partial charge < -0.3 is 19.5 Å². The van der Waals surface area contributed by atoms with E-state index in [2.05, 4.69) is 5.32 Å². The highest BCUT2D eigenvalue weighted by Crippen LogP contribution is 2.35. The standard InChI is InChI=1S/C21H18N2O6S/c1-2-27-15-5-3-4-13(8-15)9-18-20(25)23(21(26)30-18)11-19(24)22-14-6-7-16-17(10-14)29-12-28-16/h3-10H,2,11-12H2,1H3,(H,22,24)/b18-9-. The normalized spacial score (nSPS) is 16.3. The Bertz CT molecular complexity index is 1050. The number of nitrogens with one attached hydrogen (secondary N) is 1. The van der Waals surface area contributed by atoms with E-state index in [1.807, 2.05) is 19.1 Å². The molecule has 1 N–H and O–H groups in total. The van der Waals surface area contributed by atoms with E-state index in [0.29, 0.717) is 29.5 Å². The molecule has 0 bridgehead atoms. The fourth-order valence-electron chi connectivity index (χ4n) is 2.97. The summed E-state index contributed by atoms with van der Waals surface area (Å²) in [5, 5.41) is 2.17. The van der Waals surface area contributed by atoms with Gasteiger partial charge in [0, 0.05) is 11.8 Å². The number of amides is 3. The van der Waals surface area contributed by atoms with E-state index in [1.54, 1.807) is 36.4 Å². The smallest absolute Gasteiger partial charge is 0.294 e. The third kappa shape index (κ3) is 4.25. The average Bonchev–Trinajstić information content (AvgIpc) is 3.28. The second kappa shape index (κ2) is 8.50. The van der Waals surface area contributed by atoms with Crippen LogP contribution in [0.2, 0.25) is 0 Å². The highest BCUT2D eigenvalue weighted by atomic mass is 32.2. The van der Waals surface area contributed by atoms with Crippen LogP contribution in [-0.4, -0.2) is 41.9 Å². The molecule has 0 unspecified atom stereocenters. The lowest BCUT2D eigenvalue weighted by Gasteiger charge is -2.12. The monoisotopic (exact) mass is 426 g/mol. The van der Waals surface area contributed by atoms with Crippen molar-refractivity contribution < 1.29 is 28.6 Å². The number of rotatable bonds is 6. The summed E-state index contributed by atoms with van der Waals surface area (Å²) in [6.07, 6.45) is 1.61. The van der Waals surface area contributed by atoms with Crippen LogP contribution >= 0.6 is 11.8 Å². The van der Waals surface area contributed by atoms with Gasteiger partial charge in [0.25, 0.3) is 11.1 Å². The number of thioether (sulfide) groups is 1. The number of fused-ring (bicyclic) bond motifs is 1. The Labute approximate surface area is 176 Å². The molecule has 3 amide bonds. The second-order valence-electron chi connectivity index (χ2n) is 6.39. The van der Waals surface area contributed by atoms with Gasteiger partial charge >= 0.3 is 0 Å². The molecule has 2 heterocycles. The van der Waals surface area contributed by atoms with Gasteiger partial charge in [-0.3, -0.25) is 19.3 Å². The third-order valence-electron chi connectivity index (χ3n) is 4.30. The molecule has 2 aromatic rings. The second-order valence-corrected chi connectivity index (χ2v) is 7.38. The fraction of sp³-hybridized carbons (Fsp3) is 0.190. The van der Waals surface area contributed by atoms with Gasteiger partial charge in [0.15, 0.2) is 11.5 Å². The SMILES string of the molecule is CCOc1cccc(/C=C2\SC(=O)N(CC(=O)Nc3ccc4c(c3)OCO4)C2=O)c1. The Hall–Kier alpha value is -3.46. The Morgan fingerprint density at radius 3 is 2.87 bits per heavy atom. The van der Waals surface area contributed by atoms with E-state index in [-0.39, 0.29) is 18.2 Å². The topological polar surface area (TPSA) is 94.2 Å². The third-order valence-corrected chi connectivity index (χ3v) is 5.21. The minimum absolute atomic E-state index is 0.128. The molecule has 0 spiro atoms. The van der Waals surface area contributed by atoms with Crippen LogP contribution in [0.25, 0.3) is 6.08 Å². The van der Waals surface area contributed by atoms with Crippen molar-refractivity contribution in [3.05, 3.63) is 52.9 Å². The predicted octanol–water partition coefficient (Wildman–Crippen LogP) is 3.49. The quantitative estimate of drug-likeness (QED) is 0.707. The molecule has 1 saturated heterocycles. The summed E-state index contributed by atoms with van der Waals surface area (Å²) in [7, 11) is 0. The first-order chi connectivity index (χ1) is 14.5. The molecule has 0 atom stereocenters. The summed E-state index contributed by atoms with van der Waals surface area (Å²) in [4.78, 5) is 38.5. The number of hydrogen-bond acceptors (Lipinski definition) is 7. The van der Waals surface area contributed by atoms with Gasteiger partial charge in [0.05, 0.1) is 11.5 Å². The molecule has 9 heteroatoms. The minimum Gasteiger partial charge on any atom is -0.494 e. The molecule has 2 aliphatic heterocycles. The highest BCUT2D eigenvalue weighted by molar-refractivity contribution is 8.18. The van der Waals surface area contributed by atoms with Crippen LogP contribution in [0, 0.1) is 0 Å². The van der Waals surface area contributed by atoms with Crippen molar-refractivity contribution >= 4 is 40.6 Å². The molecule has 0 aliphatic carbocycles. The van der Waals surface area contributed by atoms with Crippen molar-refractivity contribution in [1.29, 1.82) is 0 Å².